The number of unbranched alkanes of at least 4 members (excludes halogenated alkanes) is 2. The number of hydrogen-bond donors (Lipinski definition) is 0. The van der Waals surface area contributed by atoms with Crippen LogP contribution in [0.1, 0.15) is 60.3 Å². The number of carbonyl (C=O) groups excluding carboxylic acids is 2. The van der Waals surface area contributed by atoms with Gasteiger partial charge in [0, 0.05) is 12.9 Å². The van der Waals surface area contributed by atoms with Gasteiger partial charge in [-0.2, -0.15) is 0 Å². The van der Waals surface area contributed by atoms with Crippen molar-refractivity contribution < 1.29 is 29.6 Å². The van der Waals surface area contributed by atoms with Crippen LogP contribution in [0.4, 0.5) is 0 Å². The van der Waals surface area contributed by atoms with Gasteiger partial charge in [-0.3, -0.25) is 4.79 Å². The van der Waals surface area contributed by atoms with Gasteiger partial charge in [-0.15, -0.1) is 13.2 Å². The Morgan fingerprint density at radius 1 is 0.905 bits per heavy atom. The molecule has 0 heterocycles. The van der Waals surface area contributed by atoms with Crippen LogP contribution in [0, 0.1) is 0 Å². The van der Waals surface area contributed by atoms with E-state index < -0.39 is 5.97 Å². The van der Waals surface area contributed by atoms with Gasteiger partial charge >= 0.3 is 23.3 Å². The summed E-state index contributed by atoms with van der Waals surface area (Å²) in [5.74, 6) is -1.29. The van der Waals surface area contributed by atoms with Crippen LogP contribution in [0.15, 0.2) is 0 Å². The van der Waals surface area contributed by atoms with E-state index in [0.717, 1.165) is 32.6 Å². The molecule has 0 unspecified atom stereocenters. The molecule has 0 N–H and O–H groups in total. The minimum Gasteiger partial charge on any atom is -0.854 e. The van der Waals surface area contributed by atoms with Gasteiger partial charge in [0.05, 0.1) is 6.61 Å². The molecule has 0 aromatic heterocycles. The summed E-state index contributed by atoms with van der Waals surface area (Å²) < 4.78 is 4.40. The summed E-state index contributed by atoms with van der Waals surface area (Å²) in [5, 5.41) is 27.9. The van der Waals surface area contributed by atoms with E-state index in [4.69, 9.17) is 9.90 Å². The Bertz CT molecular complexity index is 174. The molecular formula is C14H29AlO6. The van der Waals surface area contributed by atoms with Crippen LogP contribution in [0.25, 0.3) is 0 Å². The zero-order chi connectivity index (χ0) is 16.8. The van der Waals surface area contributed by atoms with Crippen LogP contribution in [-0.4, -0.2) is 49.1 Å². The fraction of sp³-hybridized carbons (Fsp3) is 0.857. The summed E-state index contributed by atoms with van der Waals surface area (Å²) >= 11 is 0. The zero-order valence-corrected chi connectivity index (χ0v) is 15.1. The number of carboxylic acids is 1. The molecule has 124 valence electrons. The van der Waals surface area contributed by atoms with Crippen molar-refractivity contribution in [2.45, 2.75) is 60.3 Å². The van der Waals surface area contributed by atoms with Crippen LogP contribution < -0.4 is 15.3 Å². The van der Waals surface area contributed by atoms with E-state index in [0.29, 0.717) is 6.61 Å². The van der Waals surface area contributed by atoms with E-state index in [1.807, 2.05) is 13.8 Å². The molecule has 0 saturated carbocycles. The molecule has 0 rings (SSSR count). The molecule has 7 heteroatoms. The van der Waals surface area contributed by atoms with Crippen molar-refractivity contribution in [1.82, 2.24) is 0 Å². The topological polar surface area (TPSA) is 113 Å². The second-order valence-electron chi connectivity index (χ2n) is 3.53. The summed E-state index contributed by atoms with van der Waals surface area (Å²) in [6, 6.07) is 0. The van der Waals surface area contributed by atoms with Crippen molar-refractivity contribution in [1.29, 1.82) is 0 Å². The summed E-state index contributed by atoms with van der Waals surface area (Å²) in [4.78, 5) is 18.7. The van der Waals surface area contributed by atoms with Crippen LogP contribution in [0.2, 0.25) is 0 Å². The Morgan fingerprint density at radius 3 is 1.19 bits per heavy atom. The molecule has 0 radical (unpaired) electrons. The predicted molar refractivity (Wildman–Crippen MR) is 78.3 cm³/mol. The Morgan fingerprint density at radius 2 is 1.19 bits per heavy atom. The fourth-order valence-electron chi connectivity index (χ4n) is 0.492. The van der Waals surface area contributed by atoms with Gasteiger partial charge in [0.1, 0.15) is 0 Å². The second-order valence-corrected chi connectivity index (χ2v) is 3.53. The fourth-order valence-corrected chi connectivity index (χ4v) is 0.492. The van der Waals surface area contributed by atoms with Gasteiger partial charge in [0.2, 0.25) is 0 Å². The molecule has 0 aliphatic carbocycles. The number of carboxylic acid groups (broad SMARTS) is 1. The van der Waals surface area contributed by atoms with Crippen molar-refractivity contribution in [2.75, 3.05) is 19.8 Å². The van der Waals surface area contributed by atoms with Gasteiger partial charge in [-0.1, -0.05) is 39.5 Å². The predicted octanol–water partition coefficient (Wildman–Crippen LogP) is -0.762. The summed E-state index contributed by atoms with van der Waals surface area (Å²) in [5.41, 5.74) is 0. The smallest absolute Gasteiger partial charge is 0.854 e. The Kier molecular flexibility index (Phi) is 56.4. The molecule has 0 atom stereocenters. The van der Waals surface area contributed by atoms with E-state index in [1.165, 1.54) is 6.92 Å². The Hall–Kier alpha value is -0.608. The minimum atomic E-state index is -1.08. The number of carbonyl (C=O) groups is 2. The quantitative estimate of drug-likeness (QED) is 0.486. The molecule has 21 heavy (non-hydrogen) atoms. The molecule has 6 nitrogen and oxygen atoms in total. The molecule has 0 saturated heterocycles. The number of aliphatic carboxylic acids is 1. The average molecular weight is 320 g/mol. The van der Waals surface area contributed by atoms with Crippen molar-refractivity contribution in [3.8, 4) is 0 Å². The van der Waals surface area contributed by atoms with E-state index in [9.17, 15) is 15.0 Å². The molecule has 0 aliphatic rings. The first-order valence-electron chi connectivity index (χ1n) is 6.80. The molecule has 0 bridgehead atoms. The number of hydrogen-bond acceptors (Lipinski definition) is 6. The van der Waals surface area contributed by atoms with Crippen LogP contribution >= 0.6 is 0 Å². The number of ether oxygens (including phenoxy) is 1. The number of esters is 1. The average Bonchev–Trinajstić information content (AvgIpc) is 2.31. The first kappa shape index (κ1) is 32.4. The first-order chi connectivity index (χ1) is 9.33. The molecule has 0 spiro atoms. The third kappa shape index (κ3) is 144. The standard InChI is InChI=1S/C4H8O2.2C4H9O.C2H4O2.Al/c1-3-6-4(2)5;2*1-2-3-4-5;1-2(3)4;/h3H2,1-2H3;2*2-4H2,1H3;1H3,(H,3,4);/q;2*-1;;+3/p-1. The maximum absolute atomic E-state index is 9.82. The largest absolute Gasteiger partial charge is 3.00 e. The Balaban J connectivity index is -0.0000000539. The molecule has 0 aromatic rings. The third-order valence-electron chi connectivity index (χ3n) is 1.34. The van der Waals surface area contributed by atoms with E-state index in [2.05, 4.69) is 4.74 Å². The van der Waals surface area contributed by atoms with Gasteiger partial charge in [0.15, 0.2) is 0 Å². The van der Waals surface area contributed by atoms with E-state index in [1.54, 1.807) is 6.92 Å². The van der Waals surface area contributed by atoms with Crippen molar-refractivity contribution in [3.63, 3.8) is 0 Å². The Labute approximate surface area is 139 Å². The molecular weight excluding hydrogens is 291 g/mol. The van der Waals surface area contributed by atoms with Crippen molar-refractivity contribution >= 4 is 29.3 Å². The van der Waals surface area contributed by atoms with Crippen LogP contribution in [0.5, 0.6) is 0 Å². The monoisotopic (exact) mass is 320 g/mol. The van der Waals surface area contributed by atoms with E-state index in [-0.39, 0.29) is 36.5 Å². The minimum absolute atomic E-state index is 0. The molecule has 0 amide bonds. The van der Waals surface area contributed by atoms with Gasteiger partial charge < -0.3 is 24.9 Å². The van der Waals surface area contributed by atoms with Crippen LogP contribution in [0.3, 0.4) is 0 Å². The summed E-state index contributed by atoms with van der Waals surface area (Å²) in [6.07, 6.45) is 3.73. The molecule has 0 aliphatic heterocycles. The maximum Gasteiger partial charge on any atom is 3.00 e. The van der Waals surface area contributed by atoms with Gasteiger partial charge in [-0.25, -0.2) is 0 Å². The zero-order valence-electron chi connectivity index (χ0n) is 14.0. The van der Waals surface area contributed by atoms with Crippen LogP contribution in [-0.2, 0) is 14.3 Å². The molecule has 0 aromatic carbocycles. The summed E-state index contributed by atoms with van der Waals surface area (Å²) in [6.45, 7) is 8.84. The van der Waals surface area contributed by atoms with Gasteiger partial charge in [0.25, 0.3) is 0 Å². The SMILES string of the molecule is CC(=O)[O-].CCCC[O-].CCCC[O-].CCOC(C)=O.[Al+3]. The maximum atomic E-state index is 9.82. The van der Waals surface area contributed by atoms with Crippen molar-refractivity contribution in [3.05, 3.63) is 0 Å². The number of rotatable bonds is 5. The normalized spacial score (nSPS) is 7.38. The molecule has 0 fully saturated rings. The third-order valence-corrected chi connectivity index (χ3v) is 1.34. The summed E-state index contributed by atoms with van der Waals surface area (Å²) in [7, 11) is 0. The second kappa shape index (κ2) is 36.6. The first-order valence-corrected chi connectivity index (χ1v) is 6.80. The van der Waals surface area contributed by atoms with Gasteiger partial charge in [-0.05, 0) is 13.8 Å². The van der Waals surface area contributed by atoms with E-state index >= 15 is 0 Å². The van der Waals surface area contributed by atoms with Crippen molar-refractivity contribution in [2.24, 2.45) is 0 Å².